The van der Waals surface area contributed by atoms with E-state index in [9.17, 15) is 0 Å². The van der Waals surface area contributed by atoms with Crippen LogP contribution in [0.4, 0.5) is 5.95 Å². The summed E-state index contributed by atoms with van der Waals surface area (Å²) < 4.78 is 7.78. The van der Waals surface area contributed by atoms with E-state index < -0.39 is 0 Å². The lowest BCUT2D eigenvalue weighted by Gasteiger charge is -2.32. The first-order valence-electron chi connectivity index (χ1n) is 10.3. The van der Waals surface area contributed by atoms with Crippen molar-refractivity contribution < 1.29 is 4.74 Å². The lowest BCUT2D eigenvalue weighted by Crippen LogP contribution is -2.39. The number of fused-ring (bicyclic) bond motifs is 1. The van der Waals surface area contributed by atoms with Crippen LogP contribution in [0.5, 0.6) is 0 Å². The van der Waals surface area contributed by atoms with E-state index in [0.717, 1.165) is 33.9 Å². The predicted octanol–water partition coefficient (Wildman–Crippen LogP) is 2.72. The maximum atomic E-state index is 5.99. The molecule has 0 aliphatic carbocycles. The molecule has 0 aromatic carbocycles. The summed E-state index contributed by atoms with van der Waals surface area (Å²) in [6, 6.07) is 3.99. The van der Waals surface area contributed by atoms with Gasteiger partial charge in [-0.25, -0.2) is 15.0 Å². The van der Waals surface area contributed by atoms with Crippen LogP contribution in [0.3, 0.4) is 0 Å². The fourth-order valence-corrected chi connectivity index (χ4v) is 3.69. The standard InChI is InChI=1S/C22H24N8O/c1-13-5-6-16(9-23-13)19-20-21(26-15(3)14(2)25-20)28-22(27-19)30-7-8-31-18(12-30)17-10-24-29(4)11-17/h5-6,9-11,18H,7-8,12H2,1-4H3/t18-/m0/s1. The van der Waals surface area contributed by atoms with Crippen LogP contribution in [0.1, 0.15) is 28.7 Å². The van der Waals surface area contributed by atoms with Crippen molar-refractivity contribution in [3.05, 3.63) is 53.4 Å². The van der Waals surface area contributed by atoms with E-state index in [4.69, 9.17) is 24.7 Å². The zero-order chi connectivity index (χ0) is 21.5. The Bertz CT molecular complexity index is 1250. The predicted molar refractivity (Wildman–Crippen MR) is 117 cm³/mol. The fraction of sp³-hybridized carbons (Fsp3) is 0.364. The Balaban J connectivity index is 1.60. The average Bonchev–Trinajstić information content (AvgIpc) is 3.21. The van der Waals surface area contributed by atoms with E-state index in [1.165, 1.54) is 0 Å². The normalized spacial score (nSPS) is 16.8. The molecule has 1 aliphatic rings. The van der Waals surface area contributed by atoms with Crippen molar-refractivity contribution in [2.45, 2.75) is 26.9 Å². The van der Waals surface area contributed by atoms with Crippen molar-refractivity contribution in [1.29, 1.82) is 0 Å². The number of hydrogen-bond donors (Lipinski definition) is 0. The minimum atomic E-state index is -0.0860. The number of nitrogens with zero attached hydrogens (tertiary/aromatic N) is 8. The molecule has 1 atom stereocenters. The van der Waals surface area contributed by atoms with Gasteiger partial charge in [-0.2, -0.15) is 10.1 Å². The van der Waals surface area contributed by atoms with Gasteiger partial charge in [0.15, 0.2) is 5.65 Å². The van der Waals surface area contributed by atoms with Crippen LogP contribution in [0.15, 0.2) is 30.7 Å². The Morgan fingerprint density at radius 3 is 2.58 bits per heavy atom. The summed E-state index contributed by atoms with van der Waals surface area (Å²) in [6.45, 7) is 7.79. The number of rotatable bonds is 3. The molecule has 5 heterocycles. The second-order valence-electron chi connectivity index (χ2n) is 7.88. The first-order chi connectivity index (χ1) is 15.0. The Morgan fingerprint density at radius 1 is 1.00 bits per heavy atom. The van der Waals surface area contributed by atoms with Gasteiger partial charge in [0.25, 0.3) is 0 Å². The van der Waals surface area contributed by atoms with Gasteiger partial charge in [-0.05, 0) is 32.9 Å². The molecule has 9 nitrogen and oxygen atoms in total. The van der Waals surface area contributed by atoms with E-state index in [1.54, 1.807) is 4.68 Å². The highest BCUT2D eigenvalue weighted by Gasteiger charge is 2.26. The Hall–Kier alpha value is -3.46. The Labute approximate surface area is 180 Å². The molecular formula is C22H24N8O. The lowest BCUT2D eigenvalue weighted by atomic mass is 10.1. The number of hydrogen-bond acceptors (Lipinski definition) is 8. The molecule has 0 unspecified atom stereocenters. The van der Waals surface area contributed by atoms with E-state index in [-0.39, 0.29) is 6.10 Å². The summed E-state index contributed by atoms with van der Waals surface area (Å²) in [5.74, 6) is 0.623. The summed E-state index contributed by atoms with van der Waals surface area (Å²) in [7, 11) is 1.90. The van der Waals surface area contributed by atoms with Crippen molar-refractivity contribution in [3.63, 3.8) is 0 Å². The summed E-state index contributed by atoms with van der Waals surface area (Å²) in [5, 5.41) is 4.27. The van der Waals surface area contributed by atoms with Crippen LogP contribution in [-0.4, -0.2) is 54.4 Å². The van der Waals surface area contributed by atoms with Crippen LogP contribution in [0.2, 0.25) is 0 Å². The zero-order valence-electron chi connectivity index (χ0n) is 18.1. The van der Waals surface area contributed by atoms with Gasteiger partial charge in [-0.3, -0.25) is 9.67 Å². The monoisotopic (exact) mass is 416 g/mol. The summed E-state index contributed by atoms with van der Waals surface area (Å²) >= 11 is 0. The van der Waals surface area contributed by atoms with Crippen molar-refractivity contribution in [3.8, 4) is 11.3 Å². The van der Waals surface area contributed by atoms with Gasteiger partial charge in [0.2, 0.25) is 5.95 Å². The smallest absolute Gasteiger partial charge is 0.228 e. The molecule has 0 radical (unpaired) electrons. The minimum absolute atomic E-state index is 0.0860. The third-order valence-electron chi connectivity index (χ3n) is 5.56. The summed E-state index contributed by atoms with van der Waals surface area (Å²) in [5.41, 5.74) is 6.65. The van der Waals surface area contributed by atoms with E-state index in [2.05, 4.69) is 15.0 Å². The highest BCUT2D eigenvalue weighted by Crippen LogP contribution is 2.29. The third-order valence-corrected chi connectivity index (χ3v) is 5.56. The molecule has 9 heteroatoms. The van der Waals surface area contributed by atoms with Crippen LogP contribution in [0.25, 0.3) is 22.4 Å². The molecule has 0 spiro atoms. The van der Waals surface area contributed by atoms with Gasteiger partial charge in [-0.15, -0.1) is 0 Å². The fourth-order valence-electron chi connectivity index (χ4n) is 3.69. The zero-order valence-corrected chi connectivity index (χ0v) is 18.1. The molecule has 0 N–H and O–H groups in total. The molecule has 1 fully saturated rings. The molecule has 0 amide bonds. The van der Waals surface area contributed by atoms with E-state index in [0.29, 0.717) is 36.8 Å². The van der Waals surface area contributed by atoms with Gasteiger partial charge < -0.3 is 9.64 Å². The quantitative estimate of drug-likeness (QED) is 0.503. The van der Waals surface area contributed by atoms with Crippen LogP contribution in [-0.2, 0) is 11.8 Å². The molecule has 5 rings (SSSR count). The lowest BCUT2D eigenvalue weighted by molar-refractivity contribution is 0.0392. The molecule has 1 saturated heterocycles. The van der Waals surface area contributed by atoms with Crippen molar-refractivity contribution >= 4 is 17.1 Å². The highest BCUT2D eigenvalue weighted by molar-refractivity contribution is 5.87. The minimum Gasteiger partial charge on any atom is -0.370 e. The van der Waals surface area contributed by atoms with Crippen molar-refractivity contribution in [2.75, 3.05) is 24.6 Å². The first kappa shape index (κ1) is 19.5. The highest BCUT2D eigenvalue weighted by atomic mass is 16.5. The van der Waals surface area contributed by atoms with Gasteiger partial charge in [0.1, 0.15) is 17.3 Å². The van der Waals surface area contributed by atoms with Gasteiger partial charge in [0.05, 0.1) is 30.7 Å². The number of ether oxygens (including phenoxy) is 1. The summed E-state index contributed by atoms with van der Waals surface area (Å²) in [6.07, 6.45) is 5.57. The molecule has 0 bridgehead atoms. The van der Waals surface area contributed by atoms with Gasteiger partial charge >= 0.3 is 0 Å². The number of aryl methyl sites for hydroxylation is 4. The molecule has 4 aromatic rings. The molecular weight excluding hydrogens is 392 g/mol. The molecule has 0 saturated carbocycles. The SMILES string of the molecule is Cc1ccc(-c2nc(N3CCO[C@H](c4cnn(C)c4)C3)nc3nc(C)c(C)nc23)cn1. The number of morpholine rings is 1. The van der Waals surface area contributed by atoms with E-state index >= 15 is 0 Å². The van der Waals surface area contributed by atoms with Crippen molar-refractivity contribution in [2.24, 2.45) is 7.05 Å². The van der Waals surface area contributed by atoms with Crippen LogP contribution >= 0.6 is 0 Å². The number of aromatic nitrogens is 7. The van der Waals surface area contributed by atoms with Crippen LogP contribution in [0, 0.1) is 20.8 Å². The van der Waals surface area contributed by atoms with Crippen molar-refractivity contribution in [1.82, 2.24) is 34.7 Å². The topological polar surface area (TPSA) is 94.7 Å². The van der Waals surface area contributed by atoms with Gasteiger partial charge in [-0.1, -0.05) is 0 Å². The summed E-state index contributed by atoms with van der Waals surface area (Å²) in [4.78, 5) is 25.8. The van der Waals surface area contributed by atoms with Gasteiger partial charge in [0, 0.05) is 42.8 Å². The second-order valence-corrected chi connectivity index (χ2v) is 7.88. The average molecular weight is 416 g/mol. The number of anilines is 1. The Morgan fingerprint density at radius 2 is 1.84 bits per heavy atom. The molecule has 158 valence electrons. The molecule has 4 aromatic heterocycles. The Kier molecular flexibility index (Phi) is 4.82. The first-order valence-corrected chi connectivity index (χ1v) is 10.3. The number of pyridine rings is 1. The molecule has 31 heavy (non-hydrogen) atoms. The largest absolute Gasteiger partial charge is 0.370 e. The molecule has 1 aliphatic heterocycles. The maximum absolute atomic E-state index is 5.99. The van der Waals surface area contributed by atoms with E-state index in [1.807, 2.05) is 58.5 Å². The maximum Gasteiger partial charge on any atom is 0.228 e. The third kappa shape index (κ3) is 3.72. The van der Waals surface area contributed by atoms with Crippen LogP contribution < -0.4 is 4.90 Å². The second kappa shape index (κ2) is 7.66.